The summed E-state index contributed by atoms with van der Waals surface area (Å²) in [5.41, 5.74) is 1.39. The van der Waals surface area contributed by atoms with Gasteiger partial charge in [-0.15, -0.1) is 0 Å². The van der Waals surface area contributed by atoms with Gasteiger partial charge in [0.2, 0.25) is 0 Å². The van der Waals surface area contributed by atoms with Gasteiger partial charge in [0, 0.05) is 17.8 Å². The Balaban J connectivity index is 2.04. The number of esters is 1. The van der Waals surface area contributed by atoms with Crippen molar-refractivity contribution in [2.45, 2.75) is 31.4 Å². The number of sulfone groups is 1. The molecule has 6 nitrogen and oxygen atoms in total. The van der Waals surface area contributed by atoms with Crippen LogP contribution in [0.25, 0.3) is 0 Å². The topological polar surface area (TPSA) is 89.5 Å². The number of aryl methyl sites for hydroxylation is 1. The highest BCUT2D eigenvalue weighted by Crippen LogP contribution is 2.18. The van der Waals surface area contributed by atoms with E-state index in [0.717, 1.165) is 11.8 Å². The Morgan fingerprint density at radius 1 is 1.19 bits per heavy atom. The summed E-state index contributed by atoms with van der Waals surface area (Å²) in [4.78, 5) is 24.6. The maximum Gasteiger partial charge on any atom is 0.339 e. The molecule has 0 saturated heterocycles. The number of halogens is 1. The second kappa shape index (κ2) is 8.54. The van der Waals surface area contributed by atoms with Crippen LogP contribution in [0.15, 0.2) is 47.4 Å². The predicted octanol–water partition coefficient (Wildman–Crippen LogP) is 2.91. The van der Waals surface area contributed by atoms with E-state index in [-0.39, 0.29) is 17.0 Å². The first-order chi connectivity index (χ1) is 12.6. The third-order valence-corrected chi connectivity index (χ3v) is 5.40. The molecule has 0 bridgehead atoms. The molecule has 0 fully saturated rings. The van der Waals surface area contributed by atoms with E-state index in [1.54, 1.807) is 31.2 Å². The van der Waals surface area contributed by atoms with Gasteiger partial charge in [0.15, 0.2) is 15.9 Å². The fraction of sp³-hybridized carbons (Fsp3) is 0.263. The van der Waals surface area contributed by atoms with Gasteiger partial charge in [0.25, 0.3) is 5.91 Å². The van der Waals surface area contributed by atoms with Crippen LogP contribution in [0.1, 0.15) is 28.4 Å². The minimum Gasteiger partial charge on any atom is -0.449 e. The highest BCUT2D eigenvalue weighted by atomic mass is 35.5. The molecule has 0 saturated carbocycles. The molecule has 0 aliphatic heterocycles. The van der Waals surface area contributed by atoms with E-state index in [0.29, 0.717) is 10.6 Å². The van der Waals surface area contributed by atoms with Gasteiger partial charge in [0.05, 0.1) is 10.5 Å². The molecule has 0 aliphatic carbocycles. The molecule has 0 aliphatic rings. The molecule has 1 atom stereocenters. The smallest absolute Gasteiger partial charge is 0.339 e. The van der Waals surface area contributed by atoms with Crippen molar-refractivity contribution in [2.24, 2.45) is 0 Å². The van der Waals surface area contributed by atoms with Gasteiger partial charge in [-0.3, -0.25) is 4.79 Å². The first-order valence-electron chi connectivity index (χ1n) is 8.12. The second-order valence-corrected chi connectivity index (χ2v) is 8.53. The normalized spacial score (nSPS) is 12.3. The second-order valence-electron chi connectivity index (χ2n) is 6.11. The van der Waals surface area contributed by atoms with Crippen molar-refractivity contribution in [1.82, 2.24) is 5.32 Å². The van der Waals surface area contributed by atoms with Crippen LogP contribution in [0.5, 0.6) is 0 Å². The number of hydrogen-bond acceptors (Lipinski definition) is 5. The monoisotopic (exact) mass is 409 g/mol. The summed E-state index contributed by atoms with van der Waals surface area (Å²) in [7, 11) is -3.46. The number of nitrogens with one attached hydrogen (secondary N) is 1. The van der Waals surface area contributed by atoms with Crippen molar-refractivity contribution in [3.8, 4) is 0 Å². The number of amides is 1. The number of rotatable bonds is 6. The molecule has 2 aromatic carbocycles. The Hall–Kier alpha value is -2.38. The average molecular weight is 410 g/mol. The molecule has 2 rings (SSSR count). The molecule has 0 spiro atoms. The molecule has 144 valence electrons. The lowest BCUT2D eigenvalue weighted by Crippen LogP contribution is -2.35. The number of ether oxygens (including phenoxy) is 1. The Kier molecular flexibility index (Phi) is 6.62. The maximum atomic E-state index is 12.4. The number of carbonyl (C=O) groups is 2. The zero-order valence-corrected chi connectivity index (χ0v) is 16.7. The Labute approximate surface area is 163 Å². The third kappa shape index (κ3) is 5.55. The molecular formula is C19H20ClNO5S. The molecule has 0 unspecified atom stereocenters. The number of hydrogen-bond donors (Lipinski definition) is 1. The summed E-state index contributed by atoms with van der Waals surface area (Å²) in [6.45, 7) is 3.30. The summed E-state index contributed by atoms with van der Waals surface area (Å²) in [5, 5.41) is 3.17. The molecule has 2 aromatic rings. The van der Waals surface area contributed by atoms with Gasteiger partial charge in [-0.25, -0.2) is 13.2 Å². The van der Waals surface area contributed by atoms with Gasteiger partial charge in [-0.2, -0.15) is 0 Å². The zero-order valence-electron chi connectivity index (χ0n) is 15.2. The lowest BCUT2D eigenvalue weighted by molar-refractivity contribution is -0.129. The van der Waals surface area contributed by atoms with Gasteiger partial charge >= 0.3 is 5.97 Å². The van der Waals surface area contributed by atoms with Crippen molar-refractivity contribution in [3.63, 3.8) is 0 Å². The average Bonchev–Trinajstić information content (AvgIpc) is 2.59. The molecule has 1 N–H and O–H groups in total. The van der Waals surface area contributed by atoms with Crippen molar-refractivity contribution in [1.29, 1.82) is 0 Å². The summed E-state index contributed by atoms with van der Waals surface area (Å²) < 4.78 is 28.5. The molecule has 1 amide bonds. The van der Waals surface area contributed by atoms with Crippen molar-refractivity contribution in [2.75, 3.05) is 6.26 Å². The van der Waals surface area contributed by atoms with E-state index in [4.69, 9.17) is 16.3 Å². The molecule has 0 heterocycles. The van der Waals surface area contributed by atoms with Crippen LogP contribution in [0.3, 0.4) is 0 Å². The largest absolute Gasteiger partial charge is 0.449 e. The first kappa shape index (κ1) is 20.9. The summed E-state index contributed by atoms with van der Waals surface area (Å²) in [5.74, 6) is -1.25. The summed E-state index contributed by atoms with van der Waals surface area (Å²) >= 11 is 6.03. The highest BCUT2D eigenvalue weighted by Gasteiger charge is 2.21. The van der Waals surface area contributed by atoms with Gasteiger partial charge in [-0.05, 0) is 43.2 Å². The quantitative estimate of drug-likeness (QED) is 0.741. The first-order valence-corrected chi connectivity index (χ1v) is 10.4. The van der Waals surface area contributed by atoms with Crippen LogP contribution in [-0.4, -0.2) is 32.7 Å². The SMILES string of the molecule is Cc1ccc(S(C)(=O)=O)cc1C(=O)O[C@@H](C)C(=O)NCc1ccccc1Cl. The fourth-order valence-corrected chi connectivity index (χ4v) is 3.15. The Morgan fingerprint density at radius 2 is 1.85 bits per heavy atom. The number of benzene rings is 2. The Morgan fingerprint density at radius 3 is 2.48 bits per heavy atom. The molecule has 0 radical (unpaired) electrons. The van der Waals surface area contributed by atoms with Crippen LogP contribution in [0.2, 0.25) is 5.02 Å². The maximum absolute atomic E-state index is 12.4. The van der Waals surface area contributed by atoms with Crippen molar-refractivity contribution >= 4 is 33.3 Å². The van der Waals surface area contributed by atoms with Crippen molar-refractivity contribution < 1.29 is 22.7 Å². The van der Waals surface area contributed by atoms with Crippen LogP contribution < -0.4 is 5.32 Å². The van der Waals surface area contributed by atoms with E-state index in [1.165, 1.54) is 25.1 Å². The molecule has 0 aromatic heterocycles. The van der Waals surface area contributed by atoms with Crippen LogP contribution >= 0.6 is 11.6 Å². The zero-order chi connectivity index (χ0) is 20.2. The van der Waals surface area contributed by atoms with E-state index in [2.05, 4.69) is 5.32 Å². The van der Waals surface area contributed by atoms with E-state index in [1.807, 2.05) is 0 Å². The van der Waals surface area contributed by atoms with Crippen LogP contribution in [0.4, 0.5) is 0 Å². The molecule has 8 heteroatoms. The van der Waals surface area contributed by atoms with Gasteiger partial charge in [-0.1, -0.05) is 35.9 Å². The number of carbonyl (C=O) groups excluding carboxylic acids is 2. The predicted molar refractivity (Wildman–Crippen MR) is 102 cm³/mol. The third-order valence-electron chi connectivity index (χ3n) is 3.92. The minimum atomic E-state index is -3.46. The lowest BCUT2D eigenvalue weighted by Gasteiger charge is -2.15. The van der Waals surface area contributed by atoms with Crippen molar-refractivity contribution in [3.05, 3.63) is 64.2 Å². The minimum absolute atomic E-state index is 0.0101. The van der Waals surface area contributed by atoms with E-state index in [9.17, 15) is 18.0 Å². The lowest BCUT2D eigenvalue weighted by atomic mass is 10.1. The standard InChI is InChI=1S/C19H20ClNO5S/c1-12-8-9-15(27(3,24)25)10-16(12)19(23)26-13(2)18(22)21-11-14-6-4-5-7-17(14)20/h4-10,13H,11H2,1-3H3,(H,21,22)/t13-/m0/s1. The van der Waals surface area contributed by atoms with E-state index >= 15 is 0 Å². The fourth-order valence-electron chi connectivity index (χ4n) is 2.30. The Bertz CT molecular complexity index is 972. The molecular weight excluding hydrogens is 390 g/mol. The summed E-state index contributed by atoms with van der Waals surface area (Å²) in [6.07, 6.45) is -0.00123. The summed E-state index contributed by atoms with van der Waals surface area (Å²) in [6, 6.07) is 11.3. The van der Waals surface area contributed by atoms with Gasteiger partial charge in [0.1, 0.15) is 0 Å². The molecule has 27 heavy (non-hydrogen) atoms. The van der Waals surface area contributed by atoms with Crippen LogP contribution in [-0.2, 0) is 25.9 Å². The van der Waals surface area contributed by atoms with E-state index < -0.39 is 27.8 Å². The van der Waals surface area contributed by atoms with Crippen LogP contribution in [0, 0.1) is 6.92 Å². The highest BCUT2D eigenvalue weighted by molar-refractivity contribution is 7.90. The van der Waals surface area contributed by atoms with Gasteiger partial charge < -0.3 is 10.1 Å².